The minimum atomic E-state index is -0.793. The molecule has 0 bridgehead atoms. The van der Waals surface area contributed by atoms with Gasteiger partial charge in [-0.3, -0.25) is 4.79 Å². The Labute approximate surface area is 149 Å². The number of amides is 1. The molecule has 0 radical (unpaired) electrons. The van der Waals surface area contributed by atoms with Crippen LogP contribution in [0.25, 0.3) is 0 Å². The lowest BCUT2D eigenvalue weighted by atomic mass is 10.1. The fraction of sp³-hybridized carbons (Fsp3) is 0.812. The lowest BCUT2D eigenvalue weighted by Crippen LogP contribution is -2.51. The predicted octanol–water partition coefficient (Wildman–Crippen LogP) is 1.91. The van der Waals surface area contributed by atoms with Gasteiger partial charge in [0.1, 0.15) is 11.2 Å². The van der Waals surface area contributed by atoms with Crippen molar-refractivity contribution >= 4 is 29.3 Å². The highest BCUT2D eigenvalue weighted by Crippen LogP contribution is 2.11. The number of aliphatic hydroxyl groups excluding tert-OH is 1. The Balaban J connectivity index is 4.98. The predicted molar refractivity (Wildman–Crippen MR) is 95.9 cm³/mol. The number of aliphatic hydroxyl groups is 1. The molecule has 0 aliphatic heterocycles. The van der Waals surface area contributed by atoms with Crippen molar-refractivity contribution < 1.29 is 24.2 Å². The topological polar surface area (TPSA) is 96.9 Å². The number of alkyl carbamates (subject to hydrolysis) is 1. The zero-order valence-electron chi connectivity index (χ0n) is 15.6. The smallest absolute Gasteiger partial charge is 0.408 e. The monoisotopic (exact) mass is 362 g/mol. The third-order valence-electron chi connectivity index (χ3n) is 2.46. The molecule has 0 aliphatic rings. The van der Waals surface area contributed by atoms with Crippen molar-refractivity contribution in [1.29, 1.82) is 0 Å². The van der Waals surface area contributed by atoms with E-state index in [2.05, 4.69) is 10.6 Å². The number of thiocarbonyl (C=S) groups is 1. The van der Waals surface area contributed by atoms with E-state index in [0.717, 1.165) is 0 Å². The van der Waals surface area contributed by atoms with Crippen molar-refractivity contribution in [2.24, 2.45) is 0 Å². The van der Waals surface area contributed by atoms with Gasteiger partial charge in [-0.15, -0.1) is 0 Å². The van der Waals surface area contributed by atoms with Crippen LogP contribution in [0.5, 0.6) is 0 Å². The molecule has 0 saturated heterocycles. The number of carbonyl (C=O) groups excluding carboxylic acids is 2. The lowest BCUT2D eigenvalue weighted by Gasteiger charge is -2.26. The molecular weight excluding hydrogens is 332 g/mol. The Bertz CT molecular complexity index is 424. The first kappa shape index (κ1) is 22.6. The summed E-state index contributed by atoms with van der Waals surface area (Å²) in [6.07, 6.45) is -0.822. The average molecular weight is 362 g/mol. The molecule has 0 aliphatic carbocycles. The Hall–Kier alpha value is -1.41. The van der Waals surface area contributed by atoms with Gasteiger partial charge >= 0.3 is 12.1 Å². The van der Waals surface area contributed by atoms with E-state index < -0.39 is 29.3 Å². The molecule has 1 amide bonds. The van der Waals surface area contributed by atoms with Crippen molar-refractivity contribution in [2.75, 3.05) is 6.61 Å². The van der Waals surface area contributed by atoms with E-state index in [-0.39, 0.29) is 24.1 Å². The summed E-state index contributed by atoms with van der Waals surface area (Å²) in [5.41, 5.74) is -1.31. The summed E-state index contributed by atoms with van der Waals surface area (Å²) in [4.78, 5) is 24.2. The van der Waals surface area contributed by atoms with Crippen LogP contribution >= 0.6 is 12.2 Å². The number of hydrogen-bond acceptors (Lipinski definition) is 6. The maximum atomic E-state index is 12.0. The molecule has 8 heteroatoms. The molecule has 0 spiro atoms. The maximum Gasteiger partial charge on any atom is 0.408 e. The zero-order valence-corrected chi connectivity index (χ0v) is 16.4. The summed E-state index contributed by atoms with van der Waals surface area (Å²) in [7, 11) is 0. The van der Waals surface area contributed by atoms with E-state index in [1.54, 1.807) is 48.5 Å². The van der Waals surface area contributed by atoms with E-state index in [0.29, 0.717) is 0 Å². The molecule has 0 unspecified atom stereocenters. The maximum absolute atomic E-state index is 12.0. The second-order valence-corrected chi connectivity index (χ2v) is 8.02. The minimum absolute atomic E-state index is 0.133. The van der Waals surface area contributed by atoms with Gasteiger partial charge in [-0.25, -0.2) is 4.79 Å². The summed E-state index contributed by atoms with van der Waals surface area (Å²) in [5, 5.41) is 14.6. The highest BCUT2D eigenvalue weighted by atomic mass is 32.1. The number of nitrogens with one attached hydrogen (secondary N) is 2. The summed E-state index contributed by atoms with van der Waals surface area (Å²) in [6.45, 7) is 12.1. The van der Waals surface area contributed by atoms with Crippen LogP contribution in [-0.2, 0) is 14.3 Å². The van der Waals surface area contributed by atoms with Crippen LogP contribution in [0.3, 0.4) is 0 Å². The van der Waals surface area contributed by atoms with E-state index in [9.17, 15) is 9.59 Å². The number of rotatable bonds is 6. The molecular formula is C16H30N2O5S. The molecule has 0 saturated carbocycles. The summed E-state index contributed by atoms with van der Waals surface area (Å²) in [6, 6.07) is -1.10. The normalized spacial score (nSPS) is 14.3. The van der Waals surface area contributed by atoms with Crippen molar-refractivity contribution in [3.63, 3.8) is 0 Å². The third kappa shape index (κ3) is 11.2. The van der Waals surface area contributed by atoms with E-state index in [1.165, 1.54) is 0 Å². The van der Waals surface area contributed by atoms with E-state index in [4.69, 9.17) is 26.8 Å². The Morgan fingerprint density at radius 2 is 1.54 bits per heavy atom. The minimum Gasteiger partial charge on any atom is -0.460 e. The molecule has 0 fully saturated rings. The molecule has 0 aromatic carbocycles. The van der Waals surface area contributed by atoms with Crippen LogP contribution in [0.2, 0.25) is 0 Å². The number of ether oxygens (including phenoxy) is 2. The molecule has 2 atom stereocenters. The number of esters is 1. The quantitative estimate of drug-likeness (QED) is 0.490. The second kappa shape index (κ2) is 9.17. The third-order valence-corrected chi connectivity index (χ3v) is 2.86. The van der Waals surface area contributed by atoms with Gasteiger partial charge in [0.05, 0.1) is 24.1 Å². The zero-order chi connectivity index (χ0) is 19.1. The van der Waals surface area contributed by atoms with Crippen LogP contribution < -0.4 is 10.6 Å². The van der Waals surface area contributed by atoms with Gasteiger partial charge in [-0.1, -0.05) is 12.2 Å². The summed E-state index contributed by atoms with van der Waals surface area (Å²) >= 11 is 5.24. The van der Waals surface area contributed by atoms with Crippen LogP contribution in [0.1, 0.15) is 54.9 Å². The summed E-state index contributed by atoms with van der Waals surface area (Å²) in [5.74, 6) is -0.496. The van der Waals surface area contributed by atoms with E-state index >= 15 is 0 Å². The van der Waals surface area contributed by atoms with Crippen molar-refractivity contribution in [2.45, 2.75) is 78.2 Å². The highest BCUT2D eigenvalue weighted by Gasteiger charge is 2.27. The Morgan fingerprint density at radius 3 is 1.96 bits per heavy atom. The van der Waals surface area contributed by atoms with Crippen LogP contribution in [0.15, 0.2) is 0 Å². The molecule has 7 nitrogen and oxygen atoms in total. The van der Waals surface area contributed by atoms with Gasteiger partial charge in [0.15, 0.2) is 0 Å². The fourth-order valence-corrected chi connectivity index (χ4v) is 1.94. The van der Waals surface area contributed by atoms with Gasteiger partial charge in [-0.2, -0.15) is 0 Å². The summed E-state index contributed by atoms with van der Waals surface area (Å²) < 4.78 is 10.5. The first-order chi connectivity index (χ1) is 10.7. The van der Waals surface area contributed by atoms with Gasteiger partial charge in [0.2, 0.25) is 0 Å². The van der Waals surface area contributed by atoms with Gasteiger partial charge < -0.3 is 25.2 Å². The largest absolute Gasteiger partial charge is 0.460 e. The fourth-order valence-electron chi connectivity index (χ4n) is 1.60. The molecule has 140 valence electrons. The van der Waals surface area contributed by atoms with Gasteiger partial charge in [-0.05, 0) is 48.5 Å². The molecule has 0 aromatic rings. The lowest BCUT2D eigenvalue weighted by molar-refractivity contribution is -0.154. The first-order valence-electron chi connectivity index (χ1n) is 7.86. The van der Waals surface area contributed by atoms with Crippen LogP contribution in [-0.4, -0.2) is 52.1 Å². The van der Waals surface area contributed by atoms with Crippen molar-refractivity contribution in [3.05, 3.63) is 0 Å². The molecule has 24 heavy (non-hydrogen) atoms. The Morgan fingerprint density at radius 1 is 1.04 bits per heavy atom. The SMILES string of the molecule is C[C@@H](CO)NC(=S)[C@@H](CC(=O)OC(C)(C)C)NC(=O)OC(C)(C)C. The van der Waals surface area contributed by atoms with Crippen LogP contribution in [0.4, 0.5) is 4.79 Å². The van der Waals surface area contributed by atoms with Gasteiger partial charge in [0.25, 0.3) is 0 Å². The molecule has 3 N–H and O–H groups in total. The van der Waals surface area contributed by atoms with E-state index in [1.807, 2.05) is 0 Å². The van der Waals surface area contributed by atoms with Crippen molar-refractivity contribution in [3.8, 4) is 0 Å². The molecule has 0 aromatic heterocycles. The number of hydrogen-bond donors (Lipinski definition) is 3. The molecule has 0 rings (SSSR count). The average Bonchev–Trinajstić information content (AvgIpc) is 2.32. The van der Waals surface area contributed by atoms with Crippen molar-refractivity contribution in [1.82, 2.24) is 10.6 Å². The Kier molecular flexibility index (Phi) is 8.63. The standard InChI is InChI=1S/C16H30N2O5S/c1-10(9-19)17-13(24)11(8-12(20)22-15(2,3)4)18-14(21)23-16(5,6)7/h10-11,19H,8-9H2,1-7H3,(H,17,24)(H,18,21)/t10-,11+/m0/s1. The molecule has 0 heterocycles. The highest BCUT2D eigenvalue weighted by molar-refractivity contribution is 7.80. The second-order valence-electron chi connectivity index (χ2n) is 7.58. The first-order valence-corrected chi connectivity index (χ1v) is 8.27. The van der Waals surface area contributed by atoms with Crippen LogP contribution in [0, 0.1) is 0 Å². The van der Waals surface area contributed by atoms with Gasteiger partial charge in [0, 0.05) is 6.04 Å². The number of carbonyl (C=O) groups is 2.